The molecule has 0 bridgehead atoms. The fourth-order valence-electron chi connectivity index (χ4n) is 3.54. The Morgan fingerprint density at radius 2 is 0.759 bits per heavy atom. The van der Waals surface area contributed by atoms with E-state index in [1.807, 2.05) is 12.4 Å². The van der Waals surface area contributed by atoms with Crippen molar-refractivity contribution in [2.24, 2.45) is 9.98 Å². The number of nitrogens with zero attached hydrogens (tertiary/aromatic N) is 2. The maximum Gasteiger partial charge on any atom is 0.0699 e. The molecule has 2 rings (SSSR count). The quantitative estimate of drug-likeness (QED) is 0.391. The molecule has 0 heterocycles. The van der Waals surface area contributed by atoms with Crippen molar-refractivity contribution in [3.05, 3.63) is 58.7 Å². The smallest absolute Gasteiger partial charge is 0.0699 e. The Hall–Kier alpha value is -1.71. The van der Waals surface area contributed by atoms with E-state index in [0.29, 0.717) is 23.7 Å². The standard InChI is InChI=1S/C26H36N2.Co/c1-17(2)21-11-9-12-22(18(3)4)25(21)27-15-16-28-26-23(19(5)6)13-10-14-24(26)20(7)8;/h9-20H,1-8H3;. The summed E-state index contributed by atoms with van der Waals surface area (Å²) in [6.07, 6.45) is 3.71. The first-order valence-corrected chi connectivity index (χ1v) is 10.6. The van der Waals surface area contributed by atoms with Gasteiger partial charge in [0, 0.05) is 29.2 Å². The molecule has 0 N–H and O–H groups in total. The van der Waals surface area contributed by atoms with Gasteiger partial charge in [-0.05, 0) is 45.9 Å². The second-order valence-corrected chi connectivity index (χ2v) is 8.75. The number of benzene rings is 2. The molecule has 2 aromatic carbocycles. The van der Waals surface area contributed by atoms with Crippen LogP contribution in [0.2, 0.25) is 0 Å². The molecule has 159 valence electrons. The fourth-order valence-corrected chi connectivity index (χ4v) is 3.54. The van der Waals surface area contributed by atoms with Crippen molar-refractivity contribution < 1.29 is 16.8 Å². The Balaban J connectivity index is 0.00000420. The average Bonchev–Trinajstić information content (AvgIpc) is 2.64. The van der Waals surface area contributed by atoms with Crippen LogP contribution in [0.25, 0.3) is 0 Å². The summed E-state index contributed by atoms with van der Waals surface area (Å²) in [5.74, 6) is 1.77. The molecule has 0 aliphatic carbocycles. The van der Waals surface area contributed by atoms with E-state index in [1.165, 1.54) is 22.3 Å². The van der Waals surface area contributed by atoms with Gasteiger partial charge in [-0.2, -0.15) is 0 Å². The van der Waals surface area contributed by atoms with Gasteiger partial charge >= 0.3 is 0 Å². The molecule has 3 heteroatoms. The summed E-state index contributed by atoms with van der Waals surface area (Å²) in [5.41, 5.74) is 7.37. The van der Waals surface area contributed by atoms with E-state index in [1.54, 1.807) is 0 Å². The zero-order chi connectivity index (χ0) is 20.8. The average molecular weight is 436 g/mol. The van der Waals surface area contributed by atoms with E-state index in [4.69, 9.17) is 9.98 Å². The van der Waals surface area contributed by atoms with Crippen LogP contribution in [0, 0.1) is 0 Å². The number of hydrogen-bond donors (Lipinski definition) is 0. The molecule has 0 amide bonds. The third-order valence-electron chi connectivity index (χ3n) is 5.16. The summed E-state index contributed by atoms with van der Waals surface area (Å²) in [6.45, 7) is 17.8. The van der Waals surface area contributed by atoms with Crippen LogP contribution in [0.1, 0.15) is 101 Å². The zero-order valence-electron chi connectivity index (χ0n) is 19.2. The number of aliphatic imine (C=N–C) groups is 2. The van der Waals surface area contributed by atoms with Crippen LogP contribution in [0.15, 0.2) is 46.4 Å². The topological polar surface area (TPSA) is 24.7 Å². The van der Waals surface area contributed by atoms with Crippen LogP contribution >= 0.6 is 0 Å². The second-order valence-electron chi connectivity index (χ2n) is 8.75. The van der Waals surface area contributed by atoms with Gasteiger partial charge in [0.2, 0.25) is 0 Å². The molecule has 0 atom stereocenters. The van der Waals surface area contributed by atoms with Gasteiger partial charge in [-0.15, -0.1) is 0 Å². The minimum absolute atomic E-state index is 0. The first-order valence-electron chi connectivity index (χ1n) is 10.6. The van der Waals surface area contributed by atoms with E-state index in [-0.39, 0.29) is 16.8 Å². The van der Waals surface area contributed by atoms with Crippen LogP contribution in [0.3, 0.4) is 0 Å². The normalized spacial score (nSPS) is 12.1. The van der Waals surface area contributed by atoms with Gasteiger partial charge < -0.3 is 0 Å². The van der Waals surface area contributed by atoms with Crippen LogP contribution in [-0.4, -0.2) is 12.4 Å². The Morgan fingerprint density at radius 3 is 0.966 bits per heavy atom. The van der Waals surface area contributed by atoms with E-state index in [0.717, 1.165) is 11.4 Å². The van der Waals surface area contributed by atoms with Crippen molar-refractivity contribution in [2.75, 3.05) is 0 Å². The predicted molar refractivity (Wildman–Crippen MR) is 126 cm³/mol. The van der Waals surface area contributed by atoms with Crippen molar-refractivity contribution in [3.8, 4) is 0 Å². The van der Waals surface area contributed by atoms with Crippen molar-refractivity contribution in [1.82, 2.24) is 0 Å². The van der Waals surface area contributed by atoms with Crippen LogP contribution in [0.5, 0.6) is 0 Å². The number of hydrogen-bond acceptors (Lipinski definition) is 2. The van der Waals surface area contributed by atoms with Crippen molar-refractivity contribution >= 4 is 23.8 Å². The summed E-state index contributed by atoms with van der Waals surface area (Å²) in [7, 11) is 0. The minimum atomic E-state index is 0. The van der Waals surface area contributed by atoms with Gasteiger partial charge in [0.05, 0.1) is 11.4 Å². The molecule has 0 aliphatic rings. The summed E-state index contributed by atoms with van der Waals surface area (Å²) in [6, 6.07) is 13.0. The number of para-hydroxylation sites is 2. The third kappa shape index (κ3) is 6.38. The Kier molecular flexibility index (Phi) is 10.0. The molecule has 29 heavy (non-hydrogen) atoms. The summed E-state index contributed by atoms with van der Waals surface area (Å²) in [5, 5.41) is 0. The van der Waals surface area contributed by atoms with Crippen LogP contribution < -0.4 is 0 Å². The molecule has 0 unspecified atom stereocenters. The predicted octanol–water partition coefficient (Wildman–Crippen LogP) is 8.28. The maximum absolute atomic E-state index is 4.84. The maximum atomic E-state index is 4.84. The van der Waals surface area contributed by atoms with Crippen LogP contribution in [-0.2, 0) is 16.8 Å². The molecule has 1 radical (unpaired) electrons. The Morgan fingerprint density at radius 1 is 0.517 bits per heavy atom. The Labute approximate surface area is 188 Å². The third-order valence-corrected chi connectivity index (χ3v) is 5.16. The molecule has 0 aromatic heterocycles. The molecule has 0 spiro atoms. The van der Waals surface area contributed by atoms with Crippen molar-refractivity contribution in [2.45, 2.75) is 79.1 Å². The van der Waals surface area contributed by atoms with Gasteiger partial charge in [-0.3, -0.25) is 9.98 Å². The summed E-state index contributed by atoms with van der Waals surface area (Å²) >= 11 is 0. The van der Waals surface area contributed by atoms with Gasteiger partial charge in [-0.25, -0.2) is 0 Å². The van der Waals surface area contributed by atoms with Crippen molar-refractivity contribution in [1.29, 1.82) is 0 Å². The molecule has 2 aromatic rings. The largest absolute Gasteiger partial charge is 0.255 e. The Bertz CT molecular complexity index is 722. The molecule has 2 nitrogen and oxygen atoms in total. The van der Waals surface area contributed by atoms with Gasteiger partial charge in [0.25, 0.3) is 0 Å². The monoisotopic (exact) mass is 435 g/mol. The molecular formula is C26H36CoN2. The molecule has 0 saturated heterocycles. The molecule has 0 aliphatic heterocycles. The SMILES string of the molecule is CC(C)c1cccc(C(C)C)c1N=CC=Nc1c(C(C)C)cccc1C(C)C.[Co]. The minimum Gasteiger partial charge on any atom is -0.255 e. The van der Waals surface area contributed by atoms with Gasteiger partial charge in [0.15, 0.2) is 0 Å². The van der Waals surface area contributed by atoms with Gasteiger partial charge in [-0.1, -0.05) is 91.8 Å². The molecule has 0 saturated carbocycles. The first-order chi connectivity index (χ1) is 13.2. The second kappa shape index (κ2) is 11.5. The van der Waals surface area contributed by atoms with E-state index >= 15 is 0 Å². The van der Waals surface area contributed by atoms with E-state index in [2.05, 4.69) is 91.8 Å². The zero-order valence-corrected chi connectivity index (χ0v) is 20.2. The number of rotatable bonds is 7. The first kappa shape index (κ1) is 25.3. The fraction of sp³-hybridized carbons (Fsp3) is 0.462. The van der Waals surface area contributed by atoms with Crippen LogP contribution in [0.4, 0.5) is 11.4 Å². The van der Waals surface area contributed by atoms with Crippen molar-refractivity contribution in [3.63, 3.8) is 0 Å². The molecular weight excluding hydrogens is 399 g/mol. The summed E-state index contributed by atoms with van der Waals surface area (Å²) < 4.78 is 0. The van der Waals surface area contributed by atoms with E-state index < -0.39 is 0 Å². The van der Waals surface area contributed by atoms with Gasteiger partial charge in [0.1, 0.15) is 0 Å². The van der Waals surface area contributed by atoms with E-state index in [9.17, 15) is 0 Å². The molecule has 0 fully saturated rings. The summed E-state index contributed by atoms with van der Waals surface area (Å²) in [4.78, 5) is 9.68.